The molecule has 5 nitrogen and oxygen atoms in total. The lowest BCUT2D eigenvalue weighted by Gasteiger charge is -2.14. The van der Waals surface area contributed by atoms with Gasteiger partial charge in [0.2, 0.25) is 0 Å². The average molecular weight is 435 g/mol. The summed E-state index contributed by atoms with van der Waals surface area (Å²) in [5, 5.41) is 14.7. The van der Waals surface area contributed by atoms with Crippen molar-refractivity contribution in [3.05, 3.63) is 76.3 Å². The van der Waals surface area contributed by atoms with Crippen molar-refractivity contribution in [2.75, 3.05) is 7.11 Å². The molecule has 0 fully saturated rings. The summed E-state index contributed by atoms with van der Waals surface area (Å²) >= 11 is 6.45. The van der Waals surface area contributed by atoms with Crippen LogP contribution in [0.5, 0.6) is 11.5 Å². The van der Waals surface area contributed by atoms with Crippen molar-refractivity contribution >= 4 is 34.4 Å². The number of amides is 1. The topological polar surface area (TPSA) is 71.3 Å². The van der Waals surface area contributed by atoms with Gasteiger partial charge in [-0.05, 0) is 60.0 Å². The quantitative estimate of drug-likeness (QED) is 0.393. The number of benzene rings is 3. The van der Waals surface area contributed by atoms with Gasteiger partial charge in [-0.1, -0.05) is 48.0 Å². The number of carbonyl (C=O) groups excluding carboxylic acids is 1. The minimum atomic E-state index is -0.441. The van der Waals surface area contributed by atoms with Crippen LogP contribution >= 0.6 is 11.6 Å². The molecule has 3 aromatic rings. The zero-order valence-electron chi connectivity index (χ0n) is 17.6. The van der Waals surface area contributed by atoms with Crippen LogP contribution in [-0.2, 0) is 11.4 Å². The van der Waals surface area contributed by atoms with E-state index >= 15 is 0 Å². The van der Waals surface area contributed by atoms with Crippen molar-refractivity contribution in [2.45, 2.75) is 26.5 Å². The fourth-order valence-corrected chi connectivity index (χ4v) is 3.38. The van der Waals surface area contributed by atoms with Gasteiger partial charge in [-0.25, -0.2) is 0 Å². The Morgan fingerprint density at radius 2 is 1.90 bits per heavy atom. The standard InChI is InChI=1S/C25H23ClN2O3/c1-16(2)28-25(29)21(14-27)11-18-12-22(26)24(23(13-18)30-3)31-15-17-8-9-19-6-4-5-7-20(19)10-17/h4-13,16H,15H2,1-3H3,(H,28,29)/b21-11-. The number of rotatable bonds is 7. The number of nitrogens with zero attached hydrogens (tertiary/aromatic N) is 1. The van der Waals surface area contributed by atoms with Crippen molar-refractivity contribution in [3.63, 3.8) is 0 Å². The minimum absolute atomic E-state index is 0.0170. The maximum Gasteiger partial charge on any atom is 0.262 e. The molecule has 0 aliphatic heterocycles. The third-order valence-corrected chi connectivity index (χ3v) is 4.83. The van der Waals surface area contributed by atoms with E-state index in [1.807, 2.05) is 44.2 Å². The highest BCUT2D eigenvalue weighted by molar-refractivity contribution is 6.32. The van der Waals surface area contributed by atoms with Crippen LogP contribution < -0.4 is 14.8 Å². The van der Waals surface area contributed by atoms with Crippen LogP contribution in [-0.4, -0.2) is 19.1 Å². The zero-order valence-corrected chi connectivity index (χ0v) is 18.4. The molecule has 6 heteroatoms. The number of carbonyl (C=O) groups is 1. The molecule has 158 valence electrons. The Morgan fingerprint density at radius 3 is 2.58 bits per heavy atom. The predicted octanol–water partition coefficient (Wildman–Crippen LogP) is 5.51. The van der Waals surface area contributed by atoms with Crippen molar-refractivity contribution in [3.8, 4) is 17.6 Å². The molecule has 0 unspecified atom stereocenters. The number of hydrogen-bond donors (Lipinski definition) is 1. The number of hydrogen-bond acceptors (Lipinski definition) is 4. The summed E-state index contributed by atoms with van der Waals surface area (Å²) in [6.45, 7) is 3.97. The van der Waals surface area contributed by atoms with E-state index in [-0.39, 0.29) is 11.6 Å². The Morgan fingerprint density at radius 1 is 1.16 bits per heavy atom. The van der Waals surface area contributed by atoms with Gasteiger partial charge in [0.1, 0.15) is 18.2 Å². The Bertz CT molecular complexity index is 1180. The fourth-order valence-electron chi connectivity index (χ4n) is 3.10. The first-order chi connectivity index (χ1) is 14.9. The molecule has 0 aliphatic carbocycles. The van der Waals surface area contributed by atoms with E-state index in [2.05, 4.69) is 23.5 Å². The Balaban J connectivity index is 1.84. The first-order valence-corrected chi connectivity index (χ1v) is 10.2. The van der Waals surface area contributed by atoms with Crippen molar-refractivity contribution in [1.82, 2.24) is 5.32 Å². The highest BCUT2D eigenvalue weighted by Gasteiger charge is 2.15. The zero-order chi connectivity index (χ0) is 22.4. The van der Waals surface area contributed by atoms with E-state index in [1.54, 1.807) is 12.1 Å². The molecule has 0 saturated heterocycles. The largest absolute Gasteiger partial charge is 0.493 e. The molecule has 0 spiro atoms. The first kappa shape index (κ1) is 22.2. The molecule has 0 aliphatic rings. The van der Waals surface area contributed by atoms with Crippen LogP contribution in [0.15, 0.2) is 60.2 Å². The Kier molecular flexibility index (Phi) is 7.17. The first-order valence-electron chi connectivity index (χ1n) is 9.82. The van der Waals surface area contributed by atoms with Crippen LogP contribution in [0, 0.1) is 11.3 Å². The number of halogens is 1. The van der Waals surface area contributed by atoms with E-state index in [0.29, 0.717) is 28.7 Å². The second-order valence-corrected chi connectivity index (χ2v) is 7.71. The van der Waals surface area contributed by atoms with Crippen LogP contribution in [0.25, 0.3) is 16.8 Å². The summed E-state index contributed by atoms with van der Waals surface area (Å²) in [6.07, 6.45) is 1.47. The molecule has 0 radical (unpaired) electrons. The van der Waals surface area contributed by atoms with Crippen LogP contribution in [0.4, 0.5) is 0 Å². The van der Waals surface area contributed by atoms with Gasteiger partial charge in [-0.15, -0.1) is 0 Å². The Hall–Kier alpha value is -3.49. The van der Waals surface area contributed by atoms with Crippen molar-refractivity contribution in [2.24, 2.45) is 0 Å². The third-order valence-electron chi connectivity index (χ3n) is 4.54. The average Bonchev–Trinajstić information content (AvgIpc) is 2.75. The van der Waals surface area contributed by atoms with E-state index in [1.165, 1.54) is 13.2 Å². The normalized spacial score (nSPS) is 11.3. The molecule has 1 N–H and O–H groups in total. The maximum absolute atomic E-state index is 12.2. The Labute approximate surface area is 186 Å². The van der Waals surface area contributed by atoms with Crippen LogP contribution in [0.1, 0.15) is 25.0 Å². The minimum Gasteiger partial charge on any atom is -0.493 e. The number of nitrogens with one attached hydrogen (secondary N) is 1. The summed E-state index contributed by atoms with van der Waals surface area (Å²) < 4.78 is 11.4. The molecule has 0 atom stereocenters. The van der Waals surface area contributed by atoms with Gasteiger partial charge in [-0.3, -0.25) is 4.79 Å². The van der Waals surface area contributed by atoms with Gasteiger partial charge < -0.3 is 14.8 Å². The van der Waals surface area contributed by atoms with Gasteiger partial charge >= 0.3 is 0 Å². The van der Waals surface area contributed by atoms with Gasteiger partial charge in [0.15, 0.2) is 11.5 Å². The van der Waals surface area contributed by atoms with Gasteiger partial charge in [-0.2, -0.15) is 5.26 Å². The summed E-state index contributed by atoms with van der Waals surface area (Å²) in [4.78, 5) is 12.2. The van der Waals surface area contributed by atoms with Gasteiger partial charge in [0, 0.05) is 6.04 Å². The summed E-state index contributed by atoms with van der Waals surface area (Å²) in [7, 11) is 1.51. The lowest BCUT2D eigenvalue weighted by Crippen LogP contribution is -2.30. The molecule has 3 aromatic carbocycles. The highest BCUT2D eigenvalue weighted by atomic mass is 35.5. The van der Waals surface area contributed by atoms with E-state index in [9.17, 15) is 10.1 Å². The third kappa shape index (κ3) is 5.56. The molecule has 31 heavy (non-hydrogen) atoms. The maximum atomic E-state index is 12.2. The molecule has 0 bridgehead atoms. The molecule has 0 heterocycles. The number of methoxy groups -OCH3 is 1. The lowest BCUT2D eigenvalue weighted by molar-refractivity contribution is -0.117. The SMILES string of the molecule is COc1cc(/C=C(/C#N)C(=O)NC(C)C)cc(Cl)c1OCc1ccc2ccccc2c1. The second kappa shape index (κ2) is 10.0. The van der Waals surface area contributed by atoms with E-state index in [4.69, 9.17) is 21.1 Å². The van der Waals surface area contributed by atoms with Crippen molar-refractivity contribution in [1.29, 1.82) is 5.26 Å². The molecular weight excluding hydrogens is 412 g/mol. The highest BCUT2D eigenvalue weighted by Crippen LogP contribution is 2.37. The molecule has 0 aromatic heterocycles. The number of nitriles is 1. The number of ether oxygens (including phenoxy) is 2. The fraction of sp³-hybridized carbons (Fsp3) is 0.200. The van der Waals surface area contributed by atoms with Crippen LogP contribution in [0.2, 0.25) is 5.02 Å². The monoisotopic (exact) mass is 434 g/mol. The molecular formula is C25H23ClN2O3. The van der Waals surface area contributed by atoms with Crippen LogP contribution in [0.3, 0.4) is 0 Å². The molecule has 0 saturated carbocycles. The summed E-state index contributed by atoms with van der Waals surface area (Å²) in [5.74, 6) is 0.380. The molecule has 1 amide bonds. The summed E-state index contributed by atoms with van der Waals surface area (Å²) in [6, 6.07) is 19.4. The second-order valence-electron chi connectivity index (χ2n) is 7.30. The van der Waals surface area contributed by atoms with E-state index in [0.717, 1.165) is 16.3 Å². The van der Waals surface area contributed by atoms with Crippen molar-refractivity contribution < 1.29 is 14.3 Å². The smallest absolute Gasteiger partial charge is 0.262 e. The van der Waals surface area contributed by atoms with Gasteiger partial charge in [0.25, 0.3) is 5.91 Å². The molecule has 3 rings (SSSR count). The van der Waals surface area contributed by atoms with Gasteiger partial charge in [0.05, 0.1) is 12.1 Å². The van der Waals surface area contributed by atoms with E-state index < -0.39 is 5.91 Å². The lowest BCUT2D eigenvalue weighted by atomic mass is 10.1. The summed E-state index contributed by atoms with van der Waals surface area (Å²) in [5.41, 5.74) is 1.55. The predicted molar refractivity (Wildman–Crippen MR) is 123 cm³/mol. The number of fused-ring (bicyclic) bond motifs is 1.